The number of rotatable bonds is 7. The molecule has 7 heteroatoms. The number of hydrogen-bond donors (Lipinski definition) is 1. The van der Waals surface area contributed by atoms with Crippen molar-refractivity contribution in [2.75, 3.05) is 26.2 Å². The number of fused-ring (bicyclic) bond motifs is 1. The molecule has 7 nitrogen and oxygen atoms in total. The quantitative estimate of drug-likeness (QED) is 0.794. The van der Waals surface area contributed by atoms with Gasteiger partial charge in [-0.3, -0.25) is 9.69 Å². The van der Waals surface area contributed by atoms with Crippen LogP contribution in [0.4, 0.5) is 0 Å². The van der Waals surface area contributed by atoms with Crippen LogP contribution in [-0.4, -0.2) is 51.8 Å². The summed E-state index contributed by atoms with van der Waals surface area (Å²) < 4.78 is 7.64. The van der Waals surface area contributed by atoms with Crippen molar-refractivity contribution in [1.29, 1.82) is 0 Å². The zero-order valence-corrected chi connectivity index (χ0v) is 16.6. The summed E-state index contributed by atoms with van der Waals surface area (Å²) in [5.41, 5.74) is 1.28. The number of aromatic nitrogens is 3. The topological polar surface area (TPSA) is 76.2 Å². The van der Waals surface area contributed by atoms with Gasteiger partial charge in [-0.15, -0.1) is 10.2 Å². The first-order valence-corrected chi connectivity index (χ1v) is 10.3. The van der Waals surface area contributed by atoms with Crippen molar-refractivity contribution in [3.05, 3.63) is 41.4 Å². The van der Waals surface area contributed by atoms with E-state index < -0.39 is 0 Å². The maximum absolute atomic E-state index is 12.0. The number of carbonyl (C=O) groups excluding carboxylic acids is 1. The van der Waals surface area contributed by atoms with Crippen molar-refractivity contribution in [3.63, 3.8) is 0 Å². The molecule has 0 spiro atoms. The Bertz CT molecular complexity index is 820. The number of carbonyl (C=O) groups is 1. The molecule has 1 N–H and O–H groups in total. The summed E-state index contributed by atoms with van der Waals surface area (Å²) in [4.78, 5) is 14.4. The molecular formula is C21H29N5O2. The fourth-order valence-corrected chi connectivity index (χ4v) is 3.90. The predicted molar refractivity (Wildman–Crippen MR) is 107 cm³/mol. The molecule has 4 rings (SSSR count). The van der Waals surface area contributed by atoms with Gasteiger partial charge in [-0.25, -0.2) is 0 Å². The molecule has 2 aromatic rings. The van der Waals surface area contributed by atoms with Gasteiger partial charge in [0.2, 0.25) is 5.91 Å². The van der Waals surface area contributed by atoms with Gasteiger partial charge in [0.1, 0.15) is 17.4 Å². The molecule has 2 aliphatic rings. The van der Waals surface area contributed by atoms with E-state index in [1.807, 2.05) is 12.1 Å². The second-order valence-electron chi connectivity index (χ2n) is 7.89. The average Bonchev–Trinajstić information content (AvgIpc) is 3.21. The van der Waals surface area contributed by atoms with Gasteiger partial charge in [0.05, 0.1) is 6.26 Å². The minimum absolute atomic E-state index is 0.201. The van der Waals surface area contributed by atoms with Gasteiger partial charge in [0.25, 0.3) is 0 Å². The smallest absolute Gasteiger partial charge is 0.223 e. The highest BCUT2D eigenvalue weighted by Gasteiger charge is 2.25. The predicted octanol–water partition coefficient (Wildman–Crippen LogP) is 2.29. The van der Waals surface area contributed by atoms with E-state index in [4.69, 9.17) is 4.42 Å². The van der Waals surface area contributed by atoms with Crippen molar-refractivity contribution in [2.45, 2.75) is 45.6 Å². The molecule has 0 atom stereocenters. The van der Waals surface area contributed by atoms with E-state index in [9.17, 15) is 4.79 Å². The van der Waals surface area contributed by atoms with Gasteiger partial charge in [0.15, 0.2) is 0 Å². The van der Waals surface area contributed by atoms with Crippen molar-refractivity contribution in [3.8, 4) is 0 Å². The van der Waals surface area contributed by atoms with Crippen LogP contribution < -0.4 is 5.32 Å². The molecule has 0 saturated heterocycles. The molecule has 1 aliphatic heterocycles. The fourth-order valence-electron chi connectivity index (χ4n) is 3.90. The SMILES string of the molecule is C/C(=C\c1ccco1)CN1CCc2nnc(CCNC(=O)C3CCC3)n2CC1. The molecule has 1 saturated carbocycles. The molecule has 150 valence electrons. The van der Waals surface area contributed by atoms with Crippen molar-refractivity contribution >= 4 is 12.0 Å². The third kappa shape index (κ3) is 4.52. The van der Waals surface area contributed by atoms with Crippen LogP contribution in [0.25, 0.3) is 6.08 Å². The molecule has 0 radical (unpaired) electrons. The van der Waals surface area contributed by atoms with E-state index in [-0.39, 0.29) is 11.8 Å². The summed E-state index contributed by atoms with van der Waals surface area (Å²) in [6.07, 6.45) is 8.70. The van der Waals surface area contributed by atoms with Crippen molar-refractivity contribution in [1.82, 2.24) is 25.0 Å². The average molecular weight is 383 g/mol. The second kappa shape index (κ2) is 8.73. The first-order valence-electron chi connectivity index (χ1n) is 10.3. The zero-order chi connectivity index (χ0) is 19.3. The van der Waals surface area contributed by atoms with E-state index in [0.29, 0.717) is 6.54 Å². The third-order valence-corrected chi connectivity index (χ3v) is 5.72. The Hall–Kier alpha value is -2.41. The third-order valence-electron chi connectivity index (χ3n) is 5.72. The maximum Gasteiger partial charge on any atom is 0.223 e. The molecule has 28 heavy (non-hydrogen) atoms. The summed E-state index contributed by atoms with van der Waals surface area (Å²) in [6, 6.07) is 3.89. The standard InChI is InChI=1S/C21H29N5O2/c1-16(14-18-6-3-13-28-18)15-25-10-8-20-24-23-19(26(20)12-11-25)7-9-22-21(27)17-4-2-5-17/h3,6,13-14,17H,2,4-5,7-12,15H2,1H3,(H,22,27)/b16-14+. The molecule has 2 aromatic heterocycles. The first kappa shape index (κ1) is 18.9. The summed E-state index contributed by atoms with van der Waals surface area (Å²) in [7, 11) is 0. The summed E-state index contributed by atoms with van der Waals surface area (Å²) in [5.74, 6) is 3.37. The van der Waals surface area contributed by atoms with Crippen LogP contribution in [0.15, 0.2) is 28.4 Å². The largest absolute Gasteiger partial charge is 0.465 e. The number of nitrogens with zero attached hydrogens (tertiary/aromatic N) is 4. The van der Waals surface area contributed by atoms with E-state index in [2.05, 4.69) is 38.0 Å². The van der Waals surface area contributed by atoms with Crippen LogP contribution >= 0.6 is 0 Å². The molecule has 1 fully saturated rings. The Morgan fingerprint density at radius 2 is 2.21 bits per heavy atom. The summed E-state index contributed by atoms with van der Waals surface area (Å²) >= 11 is 0. The lowest BCUT2D eigenvalue weighted by molar-refractivity contribution is -0.127. The molecule has 0 aromatic carbocycles. The monoisotopic (exact) mass is 383 g/mol. The minimum atomic E-state index is 0.201. The normalized spacial score (nSPS) is 18.4. The Labute approximate surface area is 165 Å². The van der Waals surface area contributed by atoms with Crippen molar-refractivity contribution < 1.29 is 9.21 Å². The lowest BCUT2D eigenvalue weighted by Gasteiger charge is -2.24. The zero-order valence-electron chi connectivity index (χ0n) is 16.6. The van der Waals surface area contributed by atoms with Crippen LogP contribution in [0.3, 0.4) is 0 Å². The first-order chi connectivity index (χ1) is 13.7. The maximum atomic E-state index is 12.0. The van der Waals surface area contributed by atoms with Gasteiger partial charge >= 0.3 is 0 Å². The van der Waals surface area contributed by atoms with E-state index in [0.717, 1.165) is 69.3 Å². The molecule has 0 unspecified atom stereocenters. The van der Waals surface area contributed by atoms with Crippen molar-refractivity contribution in [2.24, 2.45) is 5.92 Å². The number of furan rings is 1. The fraction of sp³-hybridized carbons (Fsp3) is 0.571. The highest BCUT2D eigenvalue weighted by Crippen LogP contribution is 2.26. The number of hydrogen-bond acceptors (Lipinski definition) is 5. The highest BCUT2D eigenvalue weighted by molar-refractivity contribution is 5.79. The van der Waals surface area contributed by atoms with Gasteiger partial charge in [-0.05, 0) is 38.0 Å². The molecular weight excluding hydrogens is 354 g/mol. The molecule has 3 heterocycles. The van der Waals surface area contributed by atoms with E-state index >= 15 is 0 Å². The number of nitrogens with one attached hydrogen (secondary N) is 1. The van der Waals surface area contributed by atoms with Crippen LogP contribution in [0.1, 0.15) is 43.6 Å². The van der Waals surface area contributed by atoms with Gasteiger partial charge in [0, 0.05) is 51.5 Å². The van der Waals surface area contributed by atoms with Gasteiger partial charge < -0.3 is 14.3 Å². The second-order valence-corrected chi connectivity index (χ2v) is 7.89. The van der Waals surface area contributed by atoms with E-state index in [1.54, 1.807) is 6.26 Å². The summed E-state index contributed by atoms with van der Waals surface area (Å²) in [5, 5.41) is 11.8. The van der Waals surface area contributed by atoms with Crippen LogP contribution in [0, 0.1) is 5.92 Å². The molecule has 1 amide bonds. The lowest BCUT2D eigenvalue weighted by Crippen LogP contribution is -2.35. The molecule has 0 bridgehead atoms. The van der Waals surface area contributed by atoms with Crippen LogP contribution in [-0.2, 0) is 24.2 Å². The minimum Gasteiger partial charge on any atom is -0.465 e. The summed E-state index contributed by atoms with van der Waals surface area (Å²) in [6.45, 7) is 6.54. The van der Waals surface area contributed by atoms with Gasteiger partial charge in [-0.1, -0.05) is 12.0 Å². The highest BCUT2D eigenvalue weighted by atomic mass is 16.3. The molecule has 1 aliphatic carbocycles. The Balaban J connectivity index is 1.28. The van der Waals surface area contributed by atoms with Crippen LogP contribution in [0.2, 0.25) is 0 Å². The Morgan fingerprint density at radius 1 is 1.32 bits per heavy atom. The lowest BCUT2D eigenvalue weighted by atomic mass is 9.85. The van der Waals surface area contributed by atoms with Gasteiger partial charge in [-0.2, -0.15) is 0 Å². The van der Waals surface area contributed by atoms with Crippen LogP contribution in [0.5, 0.6) is 0 Å². The Morgan fingerprint density at radius 3 is 2.96 bits per heavy atom. The number of amides is 1. The van der Waals surface area contributed by atoms with E-state index in [1.165, 1.54) is 12.0 Å². The Kier molecular flexibility index (Phi) is 5.90.